The number of amides is 1. The molecular formula is C19H21ClN2O3S. The number of halogens is 1. The summed E-state index contributed by atoms with van der Waals surface area (Å²) in [6.07, 6.45) is 2.81. The Morgan fingerprint density at radius 1 is 1.08 bits per heavy atom. The van der Waals surface area contributed by atoms with E-state index in [0.717, 1.165) is 19.3 Å². The second-order valence-corrected chi connectivity index (χ2v) is 8.77. The van der Waals surface area contributed by atoms with E-state index in [9.17, 15) is 13.2 Å². The average molecular weight is 393 g/mol. The van der Waals surface area contributed by atoms with E-state index >= 15 is 0 Å². The molecule has 1 N–H and O–H groups in total. The molecule has 0 unspecified atom stereocenters. The monoisotopic (exact) mass is 392 g/mol. The summed E-state index contributed by atoms with van der Waals surface area (Å²) in [5.41, 5.74) is 1.02. The highest BCUT2D eigenvalue weighted by Crippen LogP contribution is 2.25. The number of carbonyl (C=O) groups excluding carboxylic acids is 1. The van der Waals surface area contributed by atoms with Gasteiger partial charge in [0.25, 0.3) is 5.91 Å². The van der Waals surface area contributed by atoms with E-state index in [1.165, 1.54) is 24.3 Å². The van der Waals surface area contributed by atoms with Gasteiger partial charge in [0.2, 0.25) is 10.0 Å². The molecule has 1 saturated heterocycles. The van der Waals surface area contributed by atoms with Crippen LogP contribution in [0.3, 0.4) is 0 Å². The zero-order valence-corrected chi connectivity index (χ0v) is 16.1. The number of hydrogen-bond acceptors (Lipinski definition) is 3. The van der Waals surface area contributed by atoms with Gasteiger partial charge in [-0.3, -0.25) is 4.79 Å². The van der Waals surface area contributed by atoms with E-state index in [1.807, 2.05) is 6.92 Å². The summed E-state index contributed by atoms with van der Waals surface area (Å²) >= 11 is 5.83. The molecule has 2 aromatic carbocycles. The van der Waals surface area contributed by atoms with E-state index in [-0.39, 0.29) is 16.8 Å². The normalized spacial score (nSPS) is 18.5. The third-order valence-electron chi connectivity index (χ3n) is 4.57. The van der Waals surface area contributed by atoms with Crippen LogP contribution >= 0.6 is 11.6 Å². The van der Waals surface area contributed by atoms with Gasteiger partial charge < -0.3 is 5.32 Å². The molecule has 26 heavy (non-hydrogen) atoms. The van der Waals surface area contributed by atoms with Gasteiger partial charge in [-0.25, -0.2) is 8.42 Å². The summed E-state index contributed by atoms with van der Waals surface area (Å²) in [5, 5.41) is 3.34. The zero-order chi connectivity index (χ0) is 18.7. The quantitative estimate of drug-likeness (QED) is 0.849. The molecule has 2 aromatic rings. The number of sulfonamides is 1. The van der Waals surface area contributed by atoms with Crippen molar-refractivity contribution in [3.05, 3.63) is 59.1 Å². The van der Waals surface area contributed by atoms with Gasteiger partial charge in [-0.15, -0.1) is 0 Å². The lowest BCUT2D eigenvalue weighted by atomic mass is 10.1. The highest BCUT2D eigenvalue weighted by molar-refractivity contribution is 7.89. The van der Waals surface area contributed by atoms with Gasteiger partial charge in [-0.1, -0.05) is 18.0 Å². The molecule has 138 valence electrons. The van der Waals surface area contributed by atoms with Crippen molar-refractivity contribution in [2.45, 2.75) is 37.1 Å². The number of rotatable bonds is 4. The van der Waals surface area contributed by atoms with Crippen molar-refractivity contribution >= 4 is 33.2 Å². The van der Waals surface area contributed by atoms with Gasteiger partial charge in [0.05, 0.1) is 4.90 Å². The molecule has 1 amide bonds. The summed E-state index contributed by atoms with van der Waals surface area (Å²) in [6.45, 7) is 2.48. The maximum Gasteiger partial charge on any atom is 0.255 e. The van der Waals surface area contributed by atoms with Crippen LogP contribution in [0.2, 0.25) is 5.02 Å². The summed E-state index contributed by atoms with van der Waals surface area (Å²) in [4.78, 5) is 12.5. The van der Waals surface area contributed by atoms with E-state index in [1.54, 1.807) is 28.6 Å². The van der Waals surface area contributed by atoms with Crippen molar-refractivity contribution in [2.24, 2.45) is 0 Å². The fourth-order valence-electron chi connectivity index (χ4n) is 3.08. The number of hydrogen-bond donors (Lipinski definition) is 1. The summed E-state index contributed by atoms with van der Waals surface area (Å²) in [6, 6.07) is 12.8. The molecule has 1 aliphatic heterocycles. The standard InChI is InChI=1S/C19H21ClN2O3S/c1-14-4-2-3-13-22(14)26(24,25)18-11-5-15(6-12-18)19(23)21-17-9-7-16(20)8-10-17/h5-12,14H,2-4,13H2,1H3,(H,21,23)/t14-/m0/s1. The Kier molecular flexibility index (Phi) is 5.65. The minimum Gasteiger partial charge on any atom is -0.322 e. The number of nitrogens with one attached hydrogen (secondary N) is 1. The van der Waals surface area contributed by atoms with Crippen LogP contribution in [-0.2, 0) is 10.0 Å². The summed E-state index contributed by atoms with van der Waals surface area (Å²) < 4.78 is 27.2. The maximum atomic E-state index is 12.8. The molecule has 1 atom stereocenters. The van der Waals surface area contributed by atoms with Crippen LogP contribution in [-0.4, -0.2) is 31.2 Å². The van der Waals surface area contributed by atoms with Gasteiger partial charge in [0.1, 0.15) is 0 Å². The van der Waals surface area contributed by atoms with Crippen molar-refractivity contribution in [1.82, 2.24) is 4.31 Å². The maximum absolute atomic E-state index is 12.8. The van der Waals surface area contributed by atoms with Crippen LogP contribution in [0.1, 0.15) is 36.5 Å². The number of benzene rings is 2. The Morgan fingerprint density at radius 3 is 2.35 bits per heavy atom. The van der Waals surface area contributed by atoms with E-state index in [0.29, 0.717) is 22.8 Å². The number of anilines is 1. The van der Waals surface area contributed by atoms with Gasteiger partial charge >= 0.3 is 0 Å². The van der Waals surface area contributed by atoms with Gasteiger partial charge in [-0.2, -0.15) is 4.31 Å². The van der Waals surface area contributed by atoms with Gasteiger partial charge in [0, 0.05) is 28.9 Å². The highest BCUT2D eigenvalue weighted by Gasteiger charge is 2.30. The van der Waals surface area contributed by atoms with Crippen LogP contribution in [0, 0.1) is 0 Å². The minimum absolute atomic E-state index is 0.00151. The fourth-order valence-corrected chi connectivity index (χ4v) is 4.90. The van der Waals surface area contributed by atoms with Crippen LogP contribution in [0.4, 0.5) is 5.69 Å². The molecule has 0 aliphatic carbocycles. The SMILES string of the molecule is C[C@H]1CCCCN1S(=O)(=O)c1ccc(C(=O)Nc2ccc(Cl)cc2)cc1. The molecule has 0 saturated carbocycles. The Hall–Kier alpha value is -1.89. The van der Waals surface area contributed by atoms with Gasteiger partial charge in [0.15, 0.2) is 0 Å². The van der Waals surface area contributed by atoms with Crippen LogP contribution in [0.25, 0.3) is 0 Å². The third-order valence-corrected chi connectivity index (χ3v) is 6.85. The largest absolute Gasteiger partial charge is 0.322 e. The van der Waals surface area contributed by atoms with Crippen molar-refractivity contribution in [2.75, 3.05) is 11.9 Å². The van der Waals surface area contributed by atoms with Crippen molar-refractivity contribution < 1.29 is 13.2 Å². The van der Waals surface area contributed by atoms with Crippen LogP contribution in [0.15, 0.2) is 53.4 Å². The topological polar surface area (TPSA) is 66.5 Å². The first-order chi connectivity index (χ1) is 12.4. The lowest BCUT2D eigenvalue weighted by Gasteiger charge is -2.32. The molecule has 0 radical (unpaired) electrons. The van der Waals surface area contributed by atoms with Crippen molar-refractivity contribution in [3.8, 4) is 0 Å². The third kappa shape index (κ3) is 4.09. The van der Waals surface area contributed by atoms with Crippen molar-refractivity contribution in [1.29, 1.82) is 0 Å². The van der Waals surface area contributed by atoms with Crippen LogP contribution in [0.5, 0.6) is 0 Å². The summed E-state index contributed by atoms with van der Waals surface area (Å²) in [7, 11) is -3.53. The first-order valence-electron chi connectivity index (χ1n) is 8.57. The van der Waals surface area contributed by atoms with E-state index < -0.39 is 10.0 Å². The Morgan fingerprint density at radius 2 is 1.73 bits per heavy atom. The highest BCUT2D eigenvalue weighted by atomic mass is 35.5. The Labute approximate surface area is 159 Å². The second kappa shape index (κ2) is 7.78. The molecule has 7 heteroatoms. The van der Waals surface area contributed by atoms with Crippen LogP contribution < -0.4 is 5.32 Å². The zero-order valence-electron chi connectivity index (χ0n) is 14.5. The van der Waals surface area contributed by atoms with Gasteiger partial charge in [-0.05, 0) is 68.3 Å². The molecule has 5 nitrogen and oxygen atoms in total. The van der Waals surface area contributed by atoms with E-state index in [2.05, 4.69) is 5.32 Å². The Bertz CT molecular complexity index is 880. The number of nitrogens with zero attached hydrogens (tertiary/aromatic N) is 1. The predicted molar refractivity (Wildman–Crippen MR) is 103 cm³/mol. The molecule has 3 rings (SSSR count). The molecule has 0 bridgehead atoms. The second-order valence-electron chi connectivity index (χ2n) is 6.45. The first kappa shape index (κ1) is 18.9. The van der Waals surface area contributed by atoms with Crippen molar-refractivity contribution in [3.63, 3.8) is 0 Å². The number of piperidine rings is 1. The number of carbonyl (C=O) groups is 1. The lowest BCUT2D eigenvalue weighted by Crippen LogP contribution is -2.41. The molecule has 1 fully saturated rings. The fraction of sp³-hybridized carbons (Fsp3) is 0.316. The molecule has 0 aromatic heterocycles. The lowest BCUT2D eigenvalue weighted by molar-refractivity contribution is 0.102. The summed E-state index contributed by atoms with van der Waals surface area (Å²) in [5.74, 6) is -0.303. The first-order valence-corrected chi connectivity index (χ1v) is 10.4. The predicted octanol–water partition coefficient (Wildman–Crippen LogP) is 4.16. The average Bonchev–Trinajstić information content (AvgIpc) is 2.64. The molecular weight excluding hydrogens is 372 g/mol. The molecule has 1 aliphatic rings. The minimum atomic E-state index is -3.53. The molecule has 0 spiro atoms. The molecule has 1 heterocycles. The van der Waals surface area contributed by atoms with E-state index in [4.69, 9.17) is 11.6 Å². The Balaban J connectivity index is 1.75. The smallest absolute Gasteiger partial charge is 0.255 e.